The van der Waals surface area contributed by atoms with Gasteiger partial charge in [-0.05, 0) is 18.2 Å². The zero-order valence-electron chi connectivity index (χ0n) is 11.5. The molecule has 0 radical (unpaired) electrons. The van der Waals surface area contributed by atoms with Gasteiger partial charge in [0.25, 0.3) is 5.82 Å². The van der Waals surface area contributed by atoms with Crippen molar-refractivity contribution >= 4 is 28.8 Å². The second kappa shape index (κ2) is 6.74. The van der Waals surface area contributed by atoms with E-state index >= 15 is 0 Å². The molecule has 8 heteroatoms. The predicted octanol–water partition coefficient (Wildman–Crippen LogP) is 3.28. The number of H-pyrrole nitrogens is 1. The van der Waals surface area contributed by atoms with Gasteiger partial charge in [-0.2, -0.15) is 13.2 Å². The molecule has 4 nitrogen and oxygen atoms in total. The third kappa shape index (κ3) is 4.17. The molecular formula is C14H15ClF3N4+. The summed E-state index contributed by atoms with van der Waals surface area (Å²) in [6.45, 7) is 0.981. The summed E-state index contributed by atoms with van der Waals surface area (Å²) in [6, 6.07) is 8.17. The average Bonchev–Trinajstić information content (AvgIpc) is 2.45. The zero-order chi connectivity index (χ0) is 16.2. The quantitative estimate of drug-likeness (QED) is 0.582. The molecule has 0 unspecified atom stereocenters. The third-order valence-corrected chi connectivity index (χ3v) is 3.22. The molecule has 0 atom stereocenters. The van der Waals surface area contributed by atoms with Crippen LogP contribution < -0.4 is 21.4 Å². The molecule has 0 amide bonds. The molecule has 0 aliphatic heterocycles. The number of rotatable bonds is 5. The highest BCUT2D eigenvalue weighted by Crippen LogP contribution is 2.31. The average molecular weight is 332 g/mol. The van der Waals surface area contributed by atoms with E-state index in [-0.39, 0.29) is 5.02 Å². The molecule has 0 aliphatic rings. The maximum atomic E-state index is 12.5. The highest BCUT2D eigenvalue weighted by molar-refractivity contribution is 6.32. The van der Waals surface area contributed by atoms with Gasteiger partial charge in [0.15, 0.2) is 0 Å². The maximum absolute atomic E-state index is 12.5. The lowest BCUT2D eigenvalue weighted by Gasteiger charge is -2.09. The van der Waals surface area contributed by atoms with Crippen molar-refractivity contribution in [2.75, 3.05) is 29.5 Å². The molecule has 1 heterocycles. The number of nitrogen functional groups attached to an aromatic ring is 1. The summed E-state index contributed by atoms with van der Waals surface area (Å²) in [6.07, 6.45) is -3.55. The van der Waals surface area contributed by atoms with E-state index in [2.05, 4.69) is 15.6 Å². The first-order valence-corrected chi connectivity index (χ1v) is 6.86. The largest absolute Gasteiger partial charge is 0.419 e. The minimum absolute atomic E-state index is 0.0194. The number of hydrogen-bond acceptors (Lipinski definition) is 3. The topological polar surface area (TPSA) is 64.2 Å². The molecule has 0 bridgehead atoms. The fourth-order valence-corrected chi connectivity index (χ4v) is 2.05. The first kappa shape index (κ1) is 16.2. The summed E-state index contributed by atoms with van der Waals surface area (Å²) in [5.74, 6) is 0.331. The lowest BCUT2D eigenvalue weighted by Crippen LogP contribution is -2.21. The smallest absolute Gasteiger partial charge is 0.397 e. The summed E-state index contributed by atoms with van der Waals surface area (Å²) in [7, 11) is 0. The SMILES string of the molecule is Nc1ccccc1NCCNc1[nH+]cc(C(F)(F)F)cc1Cl. The van der Waals surface area contributed by atoms with Gasteiger partial charge in [0.05, 0.1) is 23.5 Å². The number of aromatic amines is 1. The monoisotopic (exact) mass is 331 g/mol. The number of anilines is 3. The Hall–Kier alpha value is -2.15. The second-order valence-electron chi connectivity index (χ2n) is 4.55. The fourth-order valence-electron chi connectivity index (χ4n) is 1.81. The number of benzene rings is 1. The van der Waals surface area contributed by atoms with E-state index in [0.717, 1.165) is 18.0 Å². The molecule has 2 rings (SSSR count). The van der Waals surface area contributed by atoms with Crippen LogP contribution in [0.15, 0.2) is 36.5 Å². The van der Waals surface area contributed by atoms with Crippen LogP contribution in [0.2, 0.25) is 5.02 Å². The molecule has 1 aromatic carbocycles. The number of para-hydroxylation sites is 2. The molecule has 0 saturated heterocycles. The Morgan fingerprint density at radius 3 is 2.45 bits per heavy atom. The molecule has 5 N–H and O–H groups in total. The Labute approximate surface area is 130 Å². The van der Waals surface area contributed by atoms with Crippen LogP contribution in [0.3, 0.4) is 0 Å². The molecule has 2 aromatic rings. The predicted molar refractivity (Wildman–Crippen MR) is 80.8 cm³/mol. The Balaban J connectivity index is 1.89. The van der Waals surface area contributed by atoms with Gasteiger partial charge in [-0.25, -0.2) is 4.98 Å². The molecular weight excluding hydrogens is 317 g/mol. The van der Waals surface area contributed by atoms with E-state index in [1.165, 1.54) is 0 Å². The van der Waals surface area contributed by atoms with Crippen molar-refractivity contribution in [3.63, 3.8) is 0 Å². The van der Waals surface area contributed by atoms with Crippen molar-refractivity contribution in [1.29, 1.82) is 0 Å². The number of hydrogen-bond donors (Lipinski definition) is 3. The van der Waals surface area contributed by atoms with Crippen molar-refractivity contribution in [3.05, 3.63) is 47.1 Å². The van der Waals surface area contributed by atoms with Gasteiger partial charge in [0.2, 0.25) is 0 Å². The summed E-state index contributed by atoms with van der Waals surface area (Å²) >= 11 is 5.82. The Morgan fingerprint density at radius 1 is 1.14 bits per heavy atom. The van der Waals surface area contributed by atoms with Gasteiger partial charge < -0.3 is 11.1 Å². The van der Waals surface area contributed by atoms with Crippen molar-refractivity contribution in [3.8, 4) is 0 Å². The Kier molecular flexibility index (Phi) is 4.97. The van der Waals surface area contributed by atoms with Gasteiger partial charge in [0.1, 0.15) is 17.8 Å². The Bertz CT molecular complexity index is 646. The van der Waals surface area contributed by atoms with E-state index in [9.17, 15) is 13.2 Å². The summed E-state index contributed by atoms with van der Waals surface area (Å²) in [4.78, 5) is 2.51. The number of halogens is 4. The summed E-state index contributed by atoms with van der Waals surface area (Å²) < 4.78 is 37.5. The molecule has 1 aromatic heterocycles. The maximum Gasteiger partial charge on any atom is 0.419 e. The zero-order valence-corrected chi connectivity index (χ0v) is 12.2. The van der Waals surface area contributed by atoms with E-state index < -0.39 is 11.7 Å². The fraction of sp³-hybridized carbons (Fsp3) is 0.214. The second-order valence-corrected chi connectivity index (χ2v) is 4.96. The van der Waals surface area contributed by atoms with Crippen LogP contribution in [0.1, 0.15) is 5.56 Å². The van der Waals surface area contributed by atoms with Crippen LogP contribution in [0.5, 0.6) is 0 Å². The molecule has 0 aliphatic carbocycles. The van der Waals surface area contributed by atoms with Crippen LogP contribution >= 0.6 is 11.6 Å². The van der Waals surface area contributed by atoms with E-state index in [4.69, 9.17) is 17.3 Å². The Morgan fingerprint density at radius 2 is 1.82 bits per heavy atom. The van der Waals surface area contributed by atoms with Crippen molar-refractivity contribution < 1.29 is 18.2 Å². The van der Waals surface area contributed by atoms with Crippen molar-refractivity contribution in [2.45, 2.75) is 6.18 Å². The standard InChI is InChI=1S/C14H14ClF3N4/c15-10-7-9(14(16,17)18)8-22-13(10)21-6-5-20-12-4-2-1-3-11(12)19/h1-4,7-8,20H,5-6,19H2,(H,21,22)/p+1. The highest BCUT2D eigenvalue weighted by Gasteiger charge is 2.32. The highest BCUT2D eigenvalue weighted by atomic mass is 35.5. The number of nitrogens with two attached hydrogens (primary N) is 1. The van der Waals surface area contributed by atoms with Gasteiger partial charge in [-0.15, -0.1) is 0 Å². The van der Waals surface area contributed by atoms with Crippen molar-refractivity contribution in [2.24, 2.45) is 0 Å². The molecule has 0 fully saturated rings. The normalized spacial score (nSPS) is 11.3. The molecule has 0 saturated carbocycles. The van der Waals surface area contributed by atoms with Crippen LogP contribution in [0.25, 0.3) is 0 Å². The summed E-state index contributed by atoms with van der Waals surface area (Å²) in [5.41, 5.74) is 6.38. The number of aromatic nitrogens is 1. The lowest BCUT2D eigenvalue weighted by atomic mass is 10.2. The van der Waals surface area contributed by atoms with Crippen LogP contribution in [-0.4, -0.2) is 13.1 Å². The first-order chi connectivity index (χ1) is 10.4. The van der Waals surface area contributed by atoms with Gasteiger partial charge in [0, 0.05) is 0 Å². The number of nitrogens with one attached hydrogen (secondary N) is 3. The number of alkyl halides is 3. The van der Waals surface area contributed by atoms with Crippen LogP contribution in [0, 0.1) is 0 Å². The first-order valence-electron chi connectivity index (χ1n) is 6.48. The lowest BCUT2D eigenvalue weighted by molar-refractivity contribution is -0.364. The van der Waals surface area contributed by atoms with E-state index in [1.54, 1.807) is 6.07 Å². The van der Waals surface area contributed by atoms with Crippen molar-refractivity contribution in [1.82, 2.24) is 0 Å². The van der Waals surface area contributed by atoms with Crippen LogP contribution in [0.4, 0.5) is 30.4 Å². The van der Waals surface area contributed by atoms with Crippen LogP contribution in [-0.2, 0) is 6.18 Å². The summed E-state index contributed by atoms with van der Waals surface area (Å²) in [5, 5.41) is 6.02. The third-order valence-electron chi connectivity index (χ3n) is 2.92. The van der Waals surface area contributed by atoms with Gasteiger partial charge in [-0.3, -0.25) is 5.32 Å². The van der Waals surface area contributed by atoms with Gasteiger partial charge in [-0.1, -0.05) is 23.7 Å². The minimum Gasteiger partial charge on any atom is -0.397 e. The van der Waals surface area contributed by atoms with E-state index in [0.29, 0.717) is 24.6 Å². The molecule has 0 spiro atoms. The van der Waals surface area contributed by atoms with E-state index in [1.807, 2.05) is 18.2 Å². The minimum atomic E-state index is -4.43. The number of pyridine rings is 1. The molecule has 118 valence electrons. The molecule has 22 heavy (non-hydrogen) atoms. The van der Waals surface area contributed by atoms with Gasteiger partial charge >= 0.3 is 6.18 Å².